The van der Waals surface area contributed by atoms with Gasteiger partial charge in [0.05, 0.1) is 21.8 Å². The van der Waals surface area contributed by atoms with Gasteiger partial charge in [-0.2, -0.15) is 14.1 Å². The Bertz CT molecular complexity index is 1220. The van der Waals surface area contributed by atoms with Gasteiger partial charge in [0.2, 0.25) is 10.0 Å². The quantitative estimate of drug-likeness (QED) is 0.563. The van der Waals surface area contributed by atoms with Crippen LogP contribution in [-0.4, -0.2) is 53.6 Å². The second-order valence-corrected chi connectivity index (χ2v) is 9.91. The molecule has 162 valence electrons. The van der Waals surface area contributed by atoms with Crippen LogP contribution in [0.1, 0.15) is 5.56 Å². The summed E-state index contributed by atoms with van der Waals surface area (Å²) in [6, 6.07) is 16.1. The molecule has 10 heteroatoms. The van der Waals surface area contributed by atoms with Crippen LogP contribution in [0.25, 0.3) is 5.69 Å². The van der Waals surface area contributed by atoms with Gasteiger partial charge in [-0.3, -0.25) is 9.69 Å². The lowest BCUT2D eigenvalue weighted by molar-refractivity contribution is 0.181. The molecule has 1 aliphatic heterocycles. The molecule has 0 aliphatic carbocycles. The molecule has 31 heavy (non-hydrogen) atoms. The highest BCUT2D eigenvalue weighted by molar-refractivity contribution is 7.89. The fourth-order valence-corrected chi connectivity index (χ4v) is 5.15. The topological polar surface area (TPSA) is 75.5 Å². The van der Waals surface area contributed by atoms with E-state index >= 15 is 0 Å². The van der Waals surface area contributed by atoms with Crippen LogP contribution in [-0.2, 0) is 16.6 Å². The van der Waals surface area contributed by atoms with Gasteiger partial charge in [-0.15, -0.1) is 0 Å². The van der Waals surface area contributed by atoms with E-state index in [1.54, 1.807) is 0 Å². The van der Waals surface area contributed by atoms with Crippen molar-refractivity contribution in [3.63, 3.8) is 0 Å². The van der Waals surface area contributed by atoms with Crippen molar-refractivity contribution < 1.29 is 8.42 Å². The molecular formula is C21H20Cl2N4O3S. The second kappa shape index (κ2) is 9.10. The van der Waals surface area contributed by atoms with Crippen LogP contribution in [0.4, 0.5) is 0 Å². The average Bonchev–Trinajstić information content (AvgIpc) is 2.79. The summed E-state index contributed by atoms with van der Waals surface area (Å²) in [5.74, 6) is 0. The fourth-order valence-electron chi connectivity index (χ4n) is 3.47. The van der Waals surface area contributed by atoms with Crippen molar-refractivity contribution in [3.8, 4) is 5.69 Å². The van der Waals surface area contributed by atoms with Gasteiger partial charge in [-0.05, 0) is 29.8 Å². The van der Waals surface area contributed by atoms with E-state index in [0.29, 0.717) is 31.9 Å². The van der Waals surface area contributed by atoms with Gasteiger partial charge < -0.3 is 0 Å². The molecule has 0 atom stereocenters. The monoisotopic (exact) mass is 478 g/mol. The summed E-state index contributed by atoms with van der Waals surface area (Å²) in [4.78, 5) is 14.6. The van der Waals surface area contributed by atoms with Gasteiger partial charge in [0.1, 0.15) is 5.02 Å². The van der Waals surface area contributed by atoms with E-state index in [4.69, 9.17) is 23.2 Å². The lowest BCUT2D eigenvalue weighted by Crippen LogP contribution is -2.48. The van der Waals surface area contributed by atoms with Gasteiger partial charge in [0.25, 0.3) is 5.56 Å². The molecule has 0 bridgehead atoms. The zero-order chi connectivity index (χ0) is 22.0. The van der Waals surface area contributed by atoms with E-state index in [-0.39, 0.29) is 14.9 Å². The number of hydrogen-bond acceptors (Lipinski definition) is 5. The number of benzene rings is 2. The molecule has 2 aromatic carbocycles. The third-order valence-corrected chi connectivity index (χ3v) is 7.84. The minimum Gasteiger partial charge on any atom is -0.296 e. The molecule has 0 unspecified atom stereocenters. The first-order valence-electron chi connectivity index (χ1n) is 9.66. The number of rotatable bonds is 5. The summed E-state index contributed by atoms with van der Waals surface area (Å²) in [7, 11) is -3.63. The Hall–Kier alpha value is -2.23. The highest BCUT2D eigenvalue weighted by Gasteiger charge is 2.28. The molecule has 1 aliphatic rings. The summed E-state index contributed by atoms with van der Waals surface area (Å²) in [6.07, 6.45) is 1.27. The zero-order valence-corrected chi connectivity index (χ0v) is 18.8. The molecule has 0 saturated carbocycles. The molecule has 1 fully saturated rings. The third kappa shape index (κ3) is 4.68. The minimum absolute atomic E-state index is 0.0634. The van der Waals surface area contributed by atoms with Gasteiger partial charge in [-0.1, -0.05) is 53.5 Å². The summed E-state index contributed by atoms with van der Waals surface area (Å²) in [6.45, 7) is 2.97. The first kappa shape index (κ1) is 22.0. The molecule has 0 spiro atoms. The number of halogens is 2. The largest absolute Gasteiger partial charge is 0.296 e. The molecule has 0 N–H and O–H groups in total. The van der Waals surface area contributed by atoms with Gasteiger partial charge in [-0.25, -0.2) is 8.42 Å². The van der Waals surface area contributed by atoms with E-state index in [9.17, 15) is 13.2 Å². The van der Waals surface area contributed by atoms with Crippen LogP contribution in [0, 0.1) is 0 Å². The van der Waals surface area contributed by atoms with Crippen molar-refractivity contribution in [2.45, 2.75) is 11.4 Å². The Labute approximate surface area is 190 Å². The SMILES string of the molecule is O=c1c(Cl)c(Cl)cnn1-c1ccc(S(=O)(=O)N2CCN(Cc3ccccc3)CC2)cc1. The molecule has 7 nitrogen and oxygen atoms in total. The summed E-state index contributed by atoms with van der Waals surface area (Å²) in [5.41, 5.74) is 1.04. The zero-order valence-electron chi connectivity index (χ0n) is 16.5. The maximum Gasteiger partial charge on any atom is 0.291 e. The summed E-state index contributed by atoms with van der Waals surface area (Å²) in [5, 5.41) is 3.88. The number of nitrogens with zero attached hydrogens (tertiary/aromatic N) is 4. The maximum absolute atomic E-state index is 13.1. The summed E-state index contributed by atoms with van der Waals surface area (Å²) >= 11 is 11.7. The number of hydrogen-bond donors (Lipinski definition) is 0. The Morgan fingerprint density at radius 2 is 1.55 bits per heavy atom. The van der Waals surface area contributed by atoms with Crippen molar-refractivity contribution in [3.05, 3.63) is 86.8 Å². The molecule has 1 saturated heterocycles. The van der Waals surface area contributed by atoms with Gasteiger partial charge in [0.15, 0.2) is 0 Å². The number of piperazine rings is 1. The number of aromatic nitrogens is 2. The highest BCUT2D eigenvalue weighted by atomic mass is 35.5. The van der Waals surface area contributed by atoms with Crippen LogP contribution in [0.3, 0.4) is 0 Å². The van der Waals surface area contributed by atoms with Crippen LogP contribution in [0.15, 0.2) is 70.5 Å². The standard InChI is InChI=1S/C21H20Cl2N4O3S/c22-19-14-24-27(21(28)20(19)23)17-6-8-18(9-7-17)31(29,30)26-12-10-25(11-13-26)15-16-4-2-1-3-5-16/h1-9,14H,10-13,15H2. The first-order chi connectivity index (χ1) is 14.9. The molecule has 0 radical (unpaired) electrons. The van der Waals surface area contributed by atoms with E-state index in [1.807, 2.05) is 18.2 Å². The molecule has 4 rings (SSSR count). The van der Waals surface area contributed by atoms with Crippen LogP contribution >= 0.6 is 23.2 Å². The molecule has 0 amide bonds. The van der Waals surface area contributed by atoms with Crippen molar-refractivity contribution in [2.24, 2.45) is 0 Å². The normalized spacial score (nSPS) is 15.8. The van der Waals surface area contributed by atoms with Crippen molar-refractivity contribution in [1.29, 1.82) is 0 Å². The van der Waals surface area contributed by atoms with Gasteiger partial charge >= 0.3 is 0 Å². The molecule has 3 aromatic rings. The molecule has 1 aromatic heterocycles. The summed E-state index contributed by atoms with van der Waals surface area (Å²) < 4.78 is 28.7. The highest BCUT2D eigenvalue weighted by Crippen LogP contribution is 2.21. The minimum atomic E-state index is -3.63. The Kier molecular flexibility index (Phi) is 6.45. The van der Waals surface area contributed by atoms with E-state index in [2.05, 4.69) is 22.1 Å². The number of sulfonamides is 1. The van der Waals surface area contributed by atoms with E-state index < -0.39 is 15.6 Å². The third-order valence-electron chi connectivity index (χ3n) is 5.18. The second-order valence-electron chi connectivity index (χ2n) is 7.18. The predicted octanol–water partition coefficient (Wildman–Crippen LogP) is 3.05. The fraction of sp³-hybridized carbons (Fsp3) is 0.238. The Balaban J connectivity index is 1.46. The smallest absolute Gasteiger partial charge is 0.291 e. The van der Waals surface area contributed by atoms with Crippen LogP contribution in [0.2, 0.25) is 10.0 Å². The van der Waals surface area contributed by atoms with Crippen molar-refractivity contribution >= 4 is 33.2 Å². The van der Waals surface area contributed by atoms with Crippen molar-refractivity contribution in [2.75, 3.05) is 26.2 Å². The predicted molar refractivity (Wildman–Crippen MR) is 120 cm³/mol. The van der Waals surface area contributed by atoms with Crippen LogP contribution < -0.4 is 5.56 Å². The Morgan fingerprint density at radius 3 is 2.19 bits per heavy atom. The molecule has 2 heterocycles. The Morgan fingerprint density at radius 1 is 0.903 bits per heavy atom. The molecular weight excluding hydrogens is 459 g/mol. The average molecular weight is 479 g/mol. The maximum atomic E-state index is 13.1. The first-order valence-corrected chi connectivity index (χ1v) is 11.9. The van der Waals surface area contributed by atoms with Gasteiger partial charge in [0, 0.05) is 32.7 Å². The lowest BCUT2D eigenvalue weighted by atomic mass is 10.2. The lowest BCUT2D eigenvalue weighted by Gasteiger charge is -2.34. The van der Waals surface area contributed by atoms with Crippen molar-refractivity contribution in [1.82, 2.24) is 19.0 Å². The van der Waals surface area contributed by atoms with E-state index in [1.165, 1.54) is 40.3 Å². The van der Waals surface area contributed by atoms with E-state index in [0.717, 1.165) is 11.2 Å². The van der Waals surface area contributed by atoms with Crippen LogP contribution in [0.5, 0.6) is 0 Å².